The predicted octanol–water partition coefficient (Wildman–Crippen LogP) is 0.444. The second-order valence-electron chi connectivity index (χ2n) is 3.64. The number of non-ortho nitro benzene ring substituents is 1. The average molecular weight is 247 g/mol. The van der Waals surface area contributed by atoms with E-state index >= 15 is 0 Å². The van der Waals surface area contributed by atoms with Crippen LogP contribution in [-0.2, 0) is 7.05 Å². The third kappa shape index (κ3) is 1.93. The molecule has 2 aromatic rings. The fourth-order valence-electron chi connectivity index (χ4n) is 1.50. The van der Waals surface area contributed by atoms with Crippen molar-refractivity contribution in [2.45, 2.75) is 0 Å². The molecule has 0 fully saturated rings. The van der Waals surface area contributed by atoms with Crippen LogP contribution >= 0.6 is 0 Å². The SMILES string of the molecule is Cn1c(=O)ccn(-c2ccc([N+](=O)[O-])cc2)c1=O. The van der Waals surface area contributed by atoms with Crippen LogP contribution in [0.25, 0.3) is 5.69 Å². The number of hydrogen-bond acceptors (Lipinski definition) is 4. The lowest BCUT2D eigenvalue weighted by molar-refractivity contribution is -0.384. The molecule has 2 rings (SSSR count). The highest BCUT2D eigenvalue weighted by Crippen LogP contribution is 2.13. The first kappa shape index (κ1) is 11.8. The summed E-state index contributed by atoms with van der Waals surface area (Å²) in [4.78, 5) is 33.0. The number of hydrogen-bond donors (Lipinski definition) is 0. The lowest BCUT2D eigenvalue weighted by Gasteiger charge is -2.06. The highest BCUT2D eigenvalue weighted by atomic mass is 16.6. The maximum atomic E-state index is 11.8. The van der Waals surface area contributed by atoms with Crippen molar-refractivity contribution in [3.05, 3.63) is 67.5 Å². The summed E-state index contributed by atoms with van der Waals surface area (Å²) in [6.07, 6.45) is 1.34. The Morgan fingerprint density at radius 1 is 1.11 bits per heavy atom. The first-order chi connectivity index (χ1) is 8.50. The standard InChI is InChI=1S/C11H9N3O4/c1-12-10(15)6-7-13(11(12)16)8-2-4-9(5-3-8)14(17)18/h2-7H,1H3. The fourth-order valence-corrected chi connectivity index (χ4v) is 1.50. The zero-order valence-electron chi connectivity index (χ0n) is 9.44. The second kappa shape index (κ2) is 4.28. The summed E-state index contributed by atoms with van der Waals surface area (Å²) in [5.74, 6) is 0. The summed E-state index contributed by atoms with van der Waals surface area (Å²) >= 11 is 0. The van der Waals surface area contributed by atoms with Crippen molar-refractivity contribution in [3.63, 3.8) is 0 Å². The van der Waals surface area contributed by atoms with Gasteiger partial charge in [-0.15, -0.1) is 0 Å². The molecule has 0 N–H and O–H groups in total. The monoisotopic (exact) mass is 247 g/mol. The molecule has 0 atom stereocenters. The van der Waals surface area contributed by atoms with Gasteiger partial charge in [-0.25, -0.2) is 4.79 Å². The lowest BCUT2D eigenvalue weighted by Crippen LogP contribution is -2.36. The zero-order valence-corrected chi connectivity index (χ0v) is 9.44. The van der Waals surface area contributed by atoms with Gasteiger partial charge in [0.05, 0.1) is 10.6 Å². The summed E-state index contributed by atoms with van der Waals surface area (Å²) < 4.78 is 2.20. The van der Waals surface area contributed by atoms with Gasteiger partial charge in [0.25, 0.3) is 11.2 Å². The van der Waals surface area contributed by atoms with E-state index in [-0.39, 0.29) is 5.69 Å². The first-order valence-electron chi connectivity index (χ1n) is 5.04. The molecule has 1 heterocycles. The number of rotatable bonds is 2. The van der Waals surface area contributed by atoms with Gasteiger partial charge < -0.3 is 0 Å². The molecule has 0 radical (unpaired) electrons. The number of nitro groups is 1. The Morgan fingerprint density at radius 3 is 2.28 bits per heavy atom. The molecule has 7 nitrogen and oxygen atoms in total. The van der Waals surface area contributed by atoms with Gasteiger partial charge in [-0.1, -0.05) is 0 Å². The Bertz CT molecular complexity index is 712. The van der Waals surface area contributed by atoms with Gasteiger partial charge in [0.15, 0.2) is 0 Å². The van der Waals surface area contributed by atoms with Crippen molar-refractivity contribution in [1.29, 1.82) is 0 Å². The first-order valence-corrected chi connectivity index (χ1v) is 5.04. The van der Waals surface area contributed by atoms with Gasteiger partial charge in [0.1, 0.15) is 0 Å². The minimum atomic E-state index is -0.521. The Labute approximate surface area is 101 Å². The van der Waals surface area contributed by atoms with Gasteiger partial charge in [-0.2, -0.15) is 0 Å². The van der Waals surface area contributed by atoms with Crippen molar-refractivity contribution in [2.75, 3.05) is 0 Å². The van der Waals surface area contributed by atoms with Crippen LogP contribution in [0.4, 0.5) is 5.69 Å². The van der Waals surface area contributed by atoms with E-state index in [1.807, 2.05) is 0 Å². The van der Waals surface area contributed by atoms with E-state index in [2.05, 4.69) is 0 Å². The molecule has 18 heavy (non-hydrogen) atoms. The van der Waals surface area contributed by atoms with E-state index in [0.29, 0.717) is 5.69 Å². The van der Waals surface area contributed by atoms with Crippen LogP contribution in [-0.4, -0.2) is 14.1 Å². The molecule has 0 bridgehead atoms. The van der Waals surface area contributed by atoms with Crippen LogP contribution in [0.5, 0.6) is 0 Å². The van der Waals surface area contributed by atoms with Crippen molar-refractivity contribution in [3.8, 4) is 5.69 Å². The molecule has 1 aromatic heterocycles. The van der Waals surface area contributed by atoms with Gasteiger partial charge in [-0.3, -0.25) is 24.0 Å². The highest BCUT2D eigenvalue weighted by molar-refractivity contribution is 5.40. The molecule has 0 saturated carbocycles. The van der Waals surface area contributed by atoms with Crippen LogP contribution in [0.3, 0.4) is 0 Å². The normalized spacial score (nSPS) is 10.3. The summed E-state index contributed by atoms with van der Waals surface area (Å²) in [5, 5.41) is 10.5. The quantitative estimate of drug-likeness (QED) is 0.569. The van der Waals surface area contributed by atoms with E-state index < -0.39 is 16.2 Å². The van der Waals surface area contributed by atoms with Crippen molar-refractivity contribution < 1.29 is 4.92 Å². The van der Waals surface area contributed by atoms with Crippen LogP contribution < -0.4 is 11.2 Å². The number of nitrogens with zero attached hydrogens (tertiary/aromatic N) is 3. The van der Waals surface area contributed by atoms with E-state index in [9.17, 15) is 19.7 Å². The molecular formula is C11H9N3O4. The Hall–Kier alpha value is -2.70. The molecule has 7 heteroatoms. The number of benzene rings is 1. The molecule has 0 spiro atoms. The third-order valence-electron chi connectivity index (χ3n) is 2.53. The molecule has 0 aliphatic heterocycles. The van der Waals surface area contributed by atoms with E-state index in [1.54, 1.807) is 0 Å². The van der Waals surface area contributed by atoms with Crippen LogP contribution in [0.15, 0.2) is 46.1 Å². The van der Waals surface area contributed by atoms with E-state index in [1.165, 1.54) is 48.1 Å². The van der Waals surface area contributed by atoms with Crippen molar-refractivity contribution in [2.24, 2.45) is 7.05 Å². The summed E-state index contributed by atoms with van der Waals surface area (Å²) in [6, 6.07) is 6.75. The van der Waals surface area contributed by atoms with Gasteiger partial charge >= 0.3 is 5.69 Å². The lowest BCUT2D eigenvalue weighted by atomic mass is 10.3. The third-order valence-corrected chi connectivity index (χ3v) is 2.53. The molecule has 0 unspecified atom stereocenters. The molecule has 92 valence electrons. The maximum Gasteiger partial charge on any atom is 0.335 e. The zero-order chi connectivity index (χ0) is 13.3. The van der Waals surface area contributed by atoms with E-state index in [0.717, 1.165) is 4.57 Å². The Balaban J connectivity index is 2.56. The van der Waals surface area contributed by atoms with Gasteiger partial charge in [0.2, 0.25) is 0 Å². The second-order valence-corrected chi connectivity index (χ2v) is 3.64. The average Bonchev–Trinajstić information content (AvgIpc) is 2.36. The van der Waals surface area contributed by atoms with Crippen LogP contribution in [0.2, 0.25) is 0 Å². The topological polar surface area (TPSA) is 87.1 Å². The Kier molecular flexibility index (Phi) is 2.80. The Morgan fingerprint density at radius 2 is 1.72 bits per heavy atom. The predicted molar refractivity (Wildman–Crippen MR) is 63.9 cm³/mol. The molecule has 0 aliphatic rings. The summed E-state index contributed by atoms with van der Waals surface area (Å²) in [5.41, 5.74) is -0.507. The molecular weight excluding hydrogens is 238 g/mol. The maximum absolute atomic E-state index is 11.8. The van der Waals surface area contributed by atoms with Gasteiger partial charge in [-0.05, 0) is 12.1 Å². The van der Waals surface area contributed by atoms with Gasteiger partial charge in [0, 0.05) is 31.4 Å². The summed E-state index contributed by atoms with van der Waals surface area (Å²) in [6.45, 7) is 0. The minimum absolute atomic E-state index is 0.0587. The summed E-state index contributed by atoms with van der Waals surface area (Å²) in [7, 11) is 1.37. The number of aromatic nitrogens is 2. The largest absolute Gasteiger partial charge is 0.335 e. The van der Waals surface area contributed by atoms with Crippen LogP contribution in [0.1, 0.15) is 0 Å². The molecule has 1 aromatic carbocycles. The molecule has 0 amide bonds. The molecule has 0 saturated heterocycles. The number of nitro benzene ring substituents is 1. The van der Waals surface area contributed by atoms with E-state index in [4.69, 9.17) is 0 Å². The van der Waals surface area contributed by atoms with Crippen molar-refractivity contribution in [1.82, 2.24) is 9.13 Å². The minimum Gasteiger partial charge on any atom is -0.269 e. The molecule has 0 aliphatic carbocycles. The highest BCUT2D eigenvalue weighted by Gasteiger charge is 2.07. The fraction of sp³-hybridized carbons (Fsp3) is 0.0909. The van der Waals surface area contributed by atoms with Crippen molar-refractivity contribution >= 4 is 5.69 Å². The van der Waals surface area contributed by atoms with Crippen LogP contribution in [0, 0.1) is 10.1 Å². The smallest absolute Gasteiger partial charge is 0.269 e.